The van der Waals surface area contributed by atoms with Gasteiger partial charge in [0.15, 0.2) is 0 Å². The maximum Gasteiger partial charge on any atom is 0.251 e. The van der Waals surface area contributed by atoms with Crippen LogP contribution in [0.25, 0.3) is 0 Å². The van der Waals surface area contributed by atoms with Gasteiger partial charge in [-0.1, -0.05) is 29.7 Å². The molecule has 0 aromatic heterocycles. The van der Waals surface area contributed by atoms with Gasteiger partial charge < -0.3 is 10.6 Å². The van der Waals surface area contributed by atoms with Crippen LogP contribution < -0.4 is 10.6 Å². The predicted molar refractivity (Wildman–Crippen MR) is 86.5 cm³/mol. The van der Waals surface area contributed by atoms with E-state index in [0.29, 0.717) is 16.8 Å². The summed E-state index contributed by atoms with van der Waals surface area (Å²) >= 11 is 0. The molecule has 22 heavy (non-hydrogen) atoms. The quantitative estimate of drug-likeness (QED) is 0.850. The summed E-state index contributed by atoms with van der Waals surface area (Å²) in [4.78, 5) is 23.7. The first kappa shape index (κ1) is 15.3. The van der Waals surface area contributed by atoms with Crippen LogP contribution in [0.15, 0.2) is 48.5 Å². The van der Waals surface area contributed by atoms with Crippen molar-refractivity contribution in [2.45, 2.75) is 6.92 Å². The third-order valence-corrected chi connectivity index (χ3v) is 3.04. The number of carbonyl (C=O) groups is 2. The second-order valence-electron chi connectivity index (χ2n) is 4.82. The molecule has 0 fully saturated rings. The van der Waals surface area contributed by atoms with Gasteiger partial charge in [-0.05, 0) is 37.3 Å². The molecule has 2 N–H and O–H groups in total. The Kier molecular flexibility index (Phi) is 4.94. The second-order valence-corrected chi connectivity index (χ2v) is 4.82. The lowest BCUT2D eigenvalue weighted by atomic mass is 10.1. The Morgan fingerprint density at radius 1 is 1.14 bits per heavy atom. The Balaban J connectivity index is 1.88. The van der Waals surface area contributed by atoms with Crippen molar-refractivity contribution in [2.24, 2.45) is 0 Å². The van der Waals surface area contributed by atoms with Gasteiger partial charge in [0.05, 0.1) is 6.54 Å². The van der Waals surface area contributed by atoms with Gasteiger partial charge in [-0.25, -0.2) is 0 Å². The zero-order chi connectivity index (χ0) is 15.9. The molecule has 0 aliphatic rings. The molecule has 0 saturated heterocycles. The largest absolute Gasteiger partial charge is 0.343 e. The molecule has 0 radical (unpaired) electrons. The summed E-state index contributed by atoms with van der Waals surface area (Å²) in [6, 6.07) is 14.1. The van der Waals surface area contributed by atoms with E-state index < -0.39 is 0 Å². The van der Waals surface area contributed by atoms with Crippen LogP contribution >= 0.6 is 0 Å². The number of hydrogen-bond acceptors (Lipinski definition) is 2. The Labute approximate surface area is 129 Å². The van der Waals surface area contributed by atoms with Crippen molar-refractivity contribution < 1.29 is 9.59 Å². The van der Waals surface area contributed by atoms with E-state index in [9.17, 15) is 9.59 Å². The summed E-state index contributed by atoms with van der Waals surface area (Å²) in [7, 11) is 0. The minimum absolute atomic E-state index is 0.104. The molecule has 2 amide bonds. The van der Waals surface area contributed by atoms with Gasteiger partial charge in [-0.15, -0.1) is 6.42 Å². The number of aryl methyl sites for hydroxylation is 1. The molecule has 2 aromatic carbocycles. The molecule has 0 unspecified atom stereocenters. The zero-order valence-electron chi connectivity index (χ0n) is 12.2. The van der Waals surface area contributed by atoms with Crippen LogP contribution in [0, 0.1) is 19.3 Å². The lowest BCUT2D eigenvalue weighted by molar-refractivity contribution is -0.115. The van der Waals surface area contributed by atoms with E-state index in [0.717, 1.165) is 5.56 Å². The molecule has 2 aromatic rings. The topological polar surface area (TPSA) is 58.2 Å². The predicted octanol–water partition coefficient (Wildman–Crippen LogP) is 2.34. The summed E-state index contributed by atoms with van der Waals surface area (Å²) < 4.78 is 0. The molecule has 0 atom stereocenters. The highest BCUT2D eigenvalue weighted by Gasteiger charge is 2.08. The number of hydrogen-bond donors (Lipinski definition) is 2. The smallest absolute Gasteiger partial charge is 0.251 e. The van der Waals surface area contributed by atoms with E-state index in [4.69, 9.17) is 6.42 Å². The highest BCUT2D eigenvalue weighted by molar-refractivity contribution is 5.99. The van der Waals surface area contributed by atoms with Gasteiger partial charge in [0.2, 0.25) is 5.91 Å². The Morgan fingerprint density at radius 3 is 2.55 bits per heavy atom. The highest BCUT2D eigenvalue weighted by atomic mass is 16.2. The first-order chi connectivity index (χ1) is 10.6. The van der Waals surface area contributed by atoms with Gasteiger partial charge >= 0.3 is 0 Å². The third kappa shape index (κ3) is 4.22. The first-order valence-electron chi connectivity index (χ1n) is 6.80. The standard InChI is InChI=1S/C18H16N2O2/c1-3-14-5-4-6-16(11-14)20-17(21)12-19-18(22)15-9-7-13(2)8-10-15/h1,4-11H,12H2,2H3,(H,19,22)(H,20,21). The molecular formula is C18H16N2O2. The fourth-order valence-electron chi connectivity index (χ4n) is 1.86. The Hall–Kier alpha value is -3.06. The first-order valence-corrected chi connectivity index (χ1v) is 6.80. The molecule has 4 heteroatoms. The van der Waals surface area contributed by atoms with E-state index in [1.807, 2.05) is 19.1 Å². The average Bonchev–Trinajstić information content (AvgIpc) is 2.53. The van der Waals surface area contributed by atoms with Crippen LogP contribution in [-0.4, -0.2) is 18.4 Å². The van der Waals surface area contributed by atoms with Gasteiger partial charge in [-0.3, -0.25) is 9.59 Å². The molecule has 0 spiro atoms. The van der Waals surface area contributed by atoms with Crippen LogP contribution in [0.1, 0.15) is 21.5 Å². The average molecular weight is 292 g/mol. The van der Waals surface area contributed by atoms with E-state index >= 15 is 0 Å². The fourth-order valence-corrected chi connectivity index (χ4v) is 1.86. The van der Waals surface area contributed by atoms with Gasteiger partial charge in [0, 0.05) is 16.8 Å². The molecule has 0 bridgehead atoms. The van der Waals surface area contributed by atoms with Crippen molar-refractivity contribution in [3.05, 3.63) is 65.2 Å². The summed E-state index contributed by atoms with van der Waals surface area (Å²) in [6.07, 6.45) is 5.30. The van der Waals surface area contributed by atoms with Crippen LogP contribution in [0.5, 0.6) is 0 Å². The number of nitrogens with one attached hydrogen (secondary N) is 2. The van der Waals surface area contributed by atoms with Gasteiger partial charge in [0.1, 0.15) is 0 Å². The molecule has 2 rings (SSSR count). The number of carbonyl (C=O) groups excluding carboxylic acids is 2. The molecule has 0 aliphatic heterocycles. The Morgan fingerprint density at radius 2 is 1.86 bits per heavy atom. The third-order valence-electron chi connectivity index (χ3n) is 3.04. The Bertz CT molecular complexity index is 727. The summed E-state index contributed by atoms with van der Waals surface area (Å²) in [5.74, 6) is 1.90. The molecule has 4 nitrogen and oxygen atoms in total. The minimum atomic E-state index is -0.311. The van der Waals surface area contributed by atoms with Gasteiger partial charge in [-0.2, -0.15) is 0 Å². The summed E-state index contributed by atoms with van der Waals surface area (Å²) in [5.41, 5.74) is 2.88. The molecule has 0 heterocycles. The number of rotatable bonds is 4. The van der Waals surface area contributed by atoms with Crippen LogP contribution in [0.4, 0.5) is 5.69 Å². The van der Waals surface area contributed by atoms with E-state index in [2.05, 4.69) is 16.6 Å². The van der Waals surface area contributed by atoms with Crippen molar-refractivity contribution in [1.29, 1.82) is 0 Å². The second kappa shape index (κ2) is 7.09. The molecular weight excluding hydrogens is 276 g/mol. The van der Waals surface area contributed by atoms with Crippen molar-refractivity contribution in [2.75, 3.05) is 11.9 Å². The van der Waals surface area contributed by atoms with Crippen molar-refractivity contribution in [3.8, 4) is 12.3 Å². The molecule has 110 valence electrons. The number of amides is 2. The fraction of sp³-hybridized carbons (Fsp3) is 0.111. The zero-order valence-corrected chi connectivity index (χ0v) is 12.2. The number of benzene rings is 2. The number of terminal acetylenes is 1. The van der Waals surface area contributed by atoms with Crippen LogP contribution in [0.2, 0.25) is 0 Å². The van der Waals surface area contributed by atoms with Gasteiger partial charge in [0.25, 0.3) is 5.91 Å². The molecule has 0 saturated carbocycles. The summed E-state index contributed by atoms with van der Waals surface area (Å²) in [5, 5.41) is 5.26. The van der Waals surface area contributed by atoms with E-state index in [1.54, 1.807) is 36.4 Å². The van der Waals surface area contributed by atoms with Crippen LogP contribution in [-0.2, 0) is 4.79 Å². The lowest BCUT2D eigenvalue weighted by Gasteiger charge is -2.07. The van der Waals surface area contributed by atoms with Crippen molar-refractivity contribution >= 4 is 17.5 Å². The highest BCUT2D eigenvalue weighted by Crippen LogP contribution is 2.09. The number of anilines is 1. The monoisotopic (exact) mass is 292 g/mol. The normalized spacial score (nSPS) is 9.64. The van der Waals surface area contributed by atoms with E-state index in [1.165, 1.54) is 0 Å². The SMILES string of the molecule is C#Cc1cccc(NC(=O)CNC(=O)c2ccc(C)cc2)c1. The lowest BCUT2D eigenvalue weighted by Crippen LogP contribution is -2.32. The van der Waals surface area contributed by atoms with Crippen molar-refractivity contribution in [3.63, 3.8) is 0 Å². The maximum atomic E-state index is 11.9. The van der Waals surface area contributed by atoms with Crippen molar-refractivity contribution in [1.82, 2.24) is 5.32 Å². The maximum absolute atomic E-state index is 11.9. The van der Waals surface area contributed by atoms with E-state index in [-0.39, 0.29) is 18.4 Å². The van der Waals surface area contributed by atoms with Crippen LogP contribution in [0.3, 0.4) is 0 Å². The molecule has 0 aliphatic carbocycles. The minimum Gasteiger partial charge on any atom is -0.343 e. The summed E-state index contributed by atoms with van der Waals surface area (Å²) in [6.45, 7) is 1.84.